The zero-order valence-corrected chi connectivity index (χ0v) is 21.8. The molecule has 3 N–H and O–H groups in total. The highest BCUT2D eigenvalue weighted by Gasteiger charge is 2.35. The quantitative estimate of drug-likeness (QED) is 0.293. The molecule has 11 nitrogen and oxygen atoms in total. The highest BCUT2D eigenvalue weighted by atomic mass is 35.5. The monoisotopic (exact) mass is 557 g/mol. The minimum atomic E-state index is -1.12. The summed E-state index contributed by atoms with van der Waals surface area (Å²) < 4.78 is 1.47. The van der Waals surface area contributed by atoms with Crippen molar-refractivity contribution in [2.24, 2.45) is 0 Å². The summed E-state index contributed by atoms with van der Waals surface area (Å²) in [7, 11) is 0. The molecule has 0 bridgehead atoms. The van der Waals surface area contributed by atoms with Crippen LogP contribution in [0.1, 0.15) is 28.3 Å². The number of rotatable bonds is 7. The van der Waals surface area contributed by atoms with Crippen molar-refractivity contribution in [3.05, 3.63) is 106 Å². The molecule has 12 heteroatoms. The third-order valence-electron chi connectivity index (χ3n) is 6.47. The van der Waals surface area contributed by atoms with E-state index in [1.165, 1.54) is 17.1 Å². The first-order chi connectivity index (χ1) is 19.4. The van der Waals surface area contributed by atoms with Gasteiger partial charge in [0.05, 0.1) is 5.69 Å². The number of hydrogen-bond acceptors (Lipinski definition) is 6. The van der Waals surface area contributed by atoms with E-state index in [0.29, 0.717) is 34.9 Å². The van der Waals surface area contributed by atoms with Gasteiger partial charge >= 0.3 is 6.09 Å². The summed E-state index contributed by atoms with van der Waals surface area (Å²) in [6.45, 7) is 0.503. The smallest absolute Gasteiger partial charge is 0.404 e. The van der Waals surface area contributed by atoms with Gasteiger partial charge in [0.15, 0.2) is 0 Å². The number of fused-ring (bicyclic) bond motifs is 1. The van der Waals surface area contributed by atoms with Crippen LogP contribution in [0.4, 0.5) is 10.5 Å². The number of amides is 3. The molecule has 0 aliphatic carbocycles. The van der Waals surface area contributed by atoms with E-state index in [2.05, 4.69) is 26.2 Å². The molecule has 5 rings (SSSR count). The normalized spacial score (nSPS) is 14.5. The lowest BCUT2D eigenvalue weighted by molar-refractivity contribution is -0.135. The highest BCUT2D eigenvalue weighted by molar-refractivity contribution is 6.30. The van der Waals surface area contributed by atoms with Gasteiger partial charge in [-0.05, 0) is 69.9 Å². The van der Waals surface area contributed by atoms with Crippen LogP contribution in [0.3, 0.4) is 0 Å². The van der Waals surface area contributed by atoms with Gasteiger partial charge in [0.1, 0.15) is 12.4 Å². The molecular formula is C28H24ClN7O4. The maximum atomic E-state index is 13.6. The molecule has 3 aromatic carbocycles. The maximum absolute atomic E-state index is 13.6. The number of anilines is 1. The van der Waals surface area contributed by atoms with Crippen molar-refractivity contribution in [1.82, 2.24) is 30.4 Å². The van der Waals surface area contributed by atoms with Gasteiger partial charge in [-0.1, -0.05) is 48.0 Å². The first-order valence-electron chi connectivity index (χ1n) is 12.3. The number of carbonyl (C=O) groups excluding carboxylic acids is 2. The lowest BCUT2D eigenvalue weighted by Crippen LogP contribution is -2.44. The molecule has 202 valence electrons. The molecule has 1 atom stereocenters. The summed E-state index contributed by atoms with van der Waals surface area (Å²) in [5.41, 5.74) is 4.30. The van der Waals surface area contributed by atoms with E-state index in [4.69, 9.17) is 16.7 Å². The second-order valence-corrected chi connectivity index (χ2v) is 9.46. The van der Waals surface area contributed by atoms with Crippen molar-refractivity contribution < 1.29 is 19.5 Å². The van der Waals surface area contributed by atoms with Gasteiger partial charge in [0.2, 0.25) is 5.91 Å². The van der Waals surface area contributed by atoms with Crippen molar-refractivity contribution in [3.8, 4) is 5.69 Å². The number of hydrogen-bond donors (Lipinski definition) is 3. The average Bonchev–Trinajstić information content (AvgIpc) is 3.49. The van der Waals surface area contributed by atoms with Gasteiger partial charge < -0.3 is 20.6 Å². The Hall–Kier alpha value is -5.03. The topological polar surface area (TPSA) is 142 Å². The lowest BCUT2D eigenvalue weighted by atomic mass is 9.91. The first kappa shape index (κ1) is 26.6. The molecule has 0 saturated carbocycles. The number of tetrazole rings is 1. The van der Waals surface area contributed by atoms with Gasteiger partial charge in [0.25, 0.3) is 5.91 Å². The molecule has 40 heavy (non-hydrogen) atoms. The Morgan fingerprint density at radius 3 is 2.62 bits per heavy atom. The van der Waals surface area contributed by atoms with Crippen LogP contribution in [-0.2, 0) is 22.6 Å². The molecule has 1 aliphatic heterocycles. The van der Waals surface area contributed by atoms with Crippen LogP contribution in [0.25, 0.3) is 11.8 Å². The van der Waals surface area contributed by atoms with E-state index >= 15 is 0 Å². The molecule has 2 heterocycles. The Kier molecular flexibility index (Phi) is 7.83. The number of carbonyl (C=O) groups is 3. The van der Waals surface area contributed by atoms with Crippen LogP contribution in [0.5, 0.6) is 0 Å². The summed E-state index contributed by atoms with van der Waals surface area (Å²) in [5.74, 6) is -0.699. The number of carboxylic acid groups (broad SMARTS) is 1. The van der Waals surface area contributed by atoms with E-state index < -0.39 is 12.1 Å². The Morgan fingerprint density at radius 1 is 1.07 bits per heavy atom. The van der Waals surface area contributed by atoms with Crippen molar-refractivity contribution in [2.75, 3.05) is 11.9 Å². The fraction of sp³-hybridized carbons (Fsp3) is 0.143. The number of benzene rings is 3. The van der Waals surface area contributed by atoms with Crippen LogP contribution >= 0.6 is 11.6 Å². The van der Waals surface area contributed by atoms with E-state index in [1.807, 2.05) is 24.3 Å². The number of nitrogens with one attached hydrogen (secondary N) is 2. The van der Waals surface area contributed by atoms with Crippen LogP contribution < -0.4 is 10.6 Å². The molecule has 0 radical (unpaired) electrons. The molecule has 1 unspecified atom stereocenters. The van der Waals surface area contributed by atoms with Crippen molar-refractivity contribution in [1.29, 1.82) is 0 Å². The predicted molar refractivity (Wildman–Crippen MR) is 148 cm³/mol. The predicted octanol–water partition coefficient (Wildman–Crippen LogP) is 3.86. The van der Waals surface area contributed by atoms with Crippen molar-refractivity contribution in [2.45, 2.75) is 19.0 Å². The molecular weight excluding hydrogens is 534 g/mol. The number of nitrogens with zero attached hydrogens (tertiary/aromatic N) is 5. The fourth-order valence-electron chi connectivity index (χ4n) is 4.58. The van der Waals surface area contributed by atoms with Gasteiger partial charge in [-0.2, -0.15) is 4.68 Å². The Bertz CT molecular complexity index is 1570. The molecule has 1 aromatic heterocycles. The zero-order valence-electron chi connectivity index (χ0n) is 21.1. The second kappa shape index (κ2) is 11.8. The SMILES string of the molecule is O=C(O)NCc1ccc(NC(=O)C2c3ccccc3CCN2C(=O)/C=C/c2cc(Cl)ccc2-n2cnnn2)cc1. The van der Waals surface area contributed by atoms with Crippen molar-refractivity contribution >= 4 is 41.3 Å². The van der Waals surface area contributed by atoms with Crippen LogP contribution in [-0.4, -0.2) is 54.7 Å². The van der Waals surface area contributed by atoms with Crippen molar-refractivity contribution in [3.63, 3.8) is 0 Å². The van der Waals surface area contributed by atoms with Crippen LogP contribution in [0, 0.1) is 0 Å². The fourth-order valence-corrected chi connectivity index (χ4v) is 4.76. The Labute approximate surface area is 234 Å². The number of halogens is 1. The van der Waals surface area contributed by atoms with E-state index in [-0.39, 0.29) is 18.4 Å². The molecule has 0 spiro atoms. The molecule has 1 aliphatic rings. The van der Waals surface area contributed by atoms with Crippen LogP contribution in [0.2, 0.25) is 5.02 Å². The Balaban J connectivity index is 1.39. The van der Waals surface area contributed by atoms with Gasteiger partial charge in [-0.25, -0.2) is 4.79 Å². The minimum Gasteiger partial charge on any atom is -0.465 e. The minimum absolute atomic E-state index is 0.149. The summed E-state index contributed by atoms with van der Waals surface area (Å²) in [4.78, 5) is 39.4. The third kappa shape index (κ3) is 6.00. The van der Waals surface area contributed by atoms with Gasteiger partial charge in [-0.3, -0.25) is 9.59 Å². The molecule has 4 aromatic rings. The molecule has 0 fully saturated rings. The summed E-state index contributed by atoms with van der Waals surface area (Å²) in [6, 6.07) is 18.7. The van der Waals surface area contributed by atoms with Gasteiger partial charge in [-0.15, -0.1) is 5.10 Å². The lowest BCUT2D eigenvalue weighted by Gasteiger charge is -2.35. The third-order valence-corrected chi connectivity index (χ3v) is 6.71. The van der Waals surface area contributed by atoms with E-state index in [0.717, 1.165) is 16.7 Å². The molecule has 0 saturated heterocycles. The summed E-state index contributed by atoms with van der Waals surface area (Å²) in [6.07, 6.45) is 3.98. The highest BCUT2D eigenvalue weighted by Crippen LogP contribution is 2.31. The standard InChI is InChI=1S/C28H24ClN7O4/c29-21-8-11-24(36-17-31-33-34-36)20(15-21)7-12-25(37)35-14-13-19-3-1-2-4-23(19)26(35)27(38)32-22-9-5-18(6-10-22)16-30-28(39)40/h1-12,15,17,26,30H,13-14,16H2,(H,32,38)(H,39,40)/b12-7+. The maximum Gasteiger partial charge on any atom is 0.404 e. The van der Waals surface area contributed by atoms with Crippen LogP contribution in [0.15, 0.2) is 79.1 Å². The Morgan fingerprint density at radius 2 is 1.88 bits per heavy atom. The summed E-state index contributed by atoms with van der Waals surface area (Å²) in [5, 5.41) is 25.7. The van der Waals surface area contributed by atoms with Gasteiger partial charge in [0, 0.05) is 35.4 Å². The molecule has 3 amide bonds. The largest absolute Gasteiger partial charge is 0.465 e. The number of aromatic nitrogens is 4. The van der Waals surface area contributed by atoms with E-state index in [9.17, 15) is 14.4 Å². The second-order valence-electron chi connectivity index (χ2n) is 9.02. The zero-order chi connectivity index (χ0) is 28.1. The summed E-state index contributed by atoms with van der Waals surface area (Å²) >= 11 is 6.21. The average molecular weight is 558 g/mol. The first-order valence-corrected chi connectivity index (χ1v) is 12.7. The van der Waals surface area contributed by atoms with E-state index in [1.54, 1.807) is 53.4 Å².